The number of ether oxygens (including phenoxy) is 1. The van der Waals surface area contributed by atoms with Crippen LogP contribution in [0.2, 0.25) is 0 Å². The van der Waals surface area contributed by atoms with Crippen molar-refractivity contribution in [2.75, 3.05) is 29.9 Å². The number of hydrogen-bond acceptors (Lipinski definition) is 7. The Bertz CT molecular complexity index is 1080. The molecule has 34 heavy (non-hydrogen) atoms. The number of aromatic nitrogens is 1. The molecule has 2 heterocycles. The van der Waals surface area contributed by atoms with Crippen molar-refractivity contribution in [2.24, 2.45) is 5.92 Å². The van der Waals surface area contributed by atoms with Gasteiger partial charge >= 0.3 is 6.18 Å². The summed E-state index contributed by atoms with van der Waals surface area (Å²) in [5, 5.41) is 22.7. The van der Waals surface area contributed by atoms with Gasteiger partial charge in [0, 0.05) is 37.7 Å². The fourth-order valence-corrected chi connectivity index (χ4v) is 3.65. The van der Waals surface area contributed by atoms with Gasteiger partial charge in [0.2, 0.25) is 5.91 Å². The number of carbonyl (C=O) groups excluding carboxylic acids is 1. The van der Waals surface area contributed by atoms with E-state index >= 15 is 0 Å². The summed E-state index contributed by atoms with van der Waals surface area (Å²) >= 11 is 0. The minimum atomic E-state index is -4.68. The van der Waals surface area contributed by atoms with Gasteiger partial charge in [-0.3, -0.25) is 14.9 Å². The average Bonchev–Trinajstić information content (AvgIpc) is 2.82. The van der Waals surface area contributed by atoms with E-state index in [0.29, 0.717) is 44.1 Å². The molecule has 180 valence electrons. The maximum atomic E-state index is 12.9. The minimum Gasteiger partial charge on any atom is -0.490 e. The van der Waals surface area contributed by atoms with Crippen LogP contribution in [-0.2, 0) is 11.0 Å². The first-order valence-corrected chi connectivity index (χ1v) is 10.6. The summed E-state index contributed by atoms with van der Waals surface area (Å²) in [6.45, 7) is 0.834. The number of halogens is 3. The number of nitro benzene ring substituents is 1. The van der Waals surface area contributed by atoms with E-state index in [1.807, 2.05) is 6.07 Å². The third-order valence-electron chi connectivity index (χ3n) is 5.41. The quantitative estimate of drug-likeness (QED) is 0.336. The van der Waals surface area contributed by atoms with E-state index in [1.165, 1.54) is 6.20 Å². The van der Waals surface area contributed by atoms with Crippen LogP contribution in [0.4, 0.5) is 30.4 Å². The molecule has 1 fully saturated rings. The third-order valence-corrected chi connectivity index (χ3v) is 5.41. The van der Waals surface area contributed by atoms with E-state index in [0.717, 1.165) is 12.1 Å². The number of alkyl halides is 3. The molecule has 0 radical (unpaired) electrons. The van der Waals surface area contributed by atoms with Gasteiger partial charge in [0.25, 0.3) is 5.69 Å². The van der Waals surface area contributed by atoms with Crippen LogP contribution >= 0.6 is 0 Å². The zero-order valence-corrected chi connectivity index (χ0v) is 18.0. The Hall–Kier alpha value is -3.88. The van der Waals surface area contributed by atoms with Gasteiger partial charge in [-0.05, 0) is 43.5 Å². The SMILES string of the molecule is N#CCCCOc1cccnc1NC(=O)C1CCN(c2ccc(C(F)(F)F)cc2[N+](=O)[O-])CC1. The van der Waals surface area contributed by atoms with Crippen molar-refractivity contribution in [1.29, 1.82) is 5.26 Å². The van der Waals surface area contributed by atoms with E-state index < -0.39 is 28.3 Å². The van der Waals surface area contributed by atoms with Crippen LogP contribution in [0.15, 0.2) is 36.5 Å². The molecule has 0 bridgehead atoms. The number of piperidine rings is 1. The van der Waals surface area contributed by atoms with Crippen LogP contribution in [0.1, 0.15) is 31.2 Å². The number of nitrogens with zero attached hydrogens (tertiary/aromatic N) is 4. The Morgan fingerprint density at radius 3 is 2.71 bits per heavy atom. The van der Waals surface area contributed by atoms with Crippen molar-refractivity contribution in [1.82, 2.24) is 4.98 Å². The molecule has 0 saturated carbocycles. The Kier molecular flexibility index (Phi) is 7.88. The summed E-state index contributed by atoms with van der Waals surface area (Å²) in [6, 6.07) is 7.79. The number of rotatable bonds is 8. The van der Waals surface area contributed by atoms with E-state index in [-0.39, 0.29) is 30.5 Å². The summed E-state index contributed by atoms with van der Waals surface area (Å²) in [7, 11) is 0. The molecule has 1 N–H and O–H groups in total. The number of benzene rings is 1. The molecule has 0 atom stereocenters. The van der Waals surface area contributed by atoms with Crippen LogP contribution in [-0.4, -0.2) is 35.5 Å². The number of hydrogen-bond donors (Lipinski definition) is 1. The van der Waals surface area contributed by atoms with Crippen molar-refractivity contribution >= 4 is 23.1 Å². The number of nitrogens with one attached hydrogen (secondary N) is 1. The van der Waals surface area contributed by atoms with Gasteiger partial charge in [-0.2, -0.15) is 18.4 Å². The zero-order valence-electron chi connectivity index (χ0n) is 18.0. The predicted octanol–water partition coefficient (Wildman–Crippen LogP) is 4.55. The Balaban J connectivity index is 1.63. The molecule has 1 aliphatic rings. The Morgan fingerprint density at radius 1 is 1.32 bits per heavy atom. The second-order valence-corrected chi connectivity index (χ2v) is 7.67. The molecular formula is C22H22F3N5O4. The topological polar surface area (TPSA) is 121 Å². The second kappa shape index (κ2) is 10.8. The molecule has 1 saturated heterocycles. The van der Waals surface area contributed by atoms with Crippen molar-refractivity contribution in [2.45, 2.75) is 31.9 Å². The van der Waals surface area contributed by atoms with Crippen molar-refractivity contribution in [3.63, 3.8) is 0 Å². The predicted molar refractivity (Wildman–Crippen MR) is 116 cm³/mol. The van der Waals surface area contributed by atoms with Crippen LogP contribution in [0.25, 0.3) is 0 Å². The van der Waals surface area contributed by atoms with E-state index in [1.54, 1.807) is 17.0 Å². The highest BCUT2D eigenvalue weighted by atomic mass is 19.4. The van der Waals surface area contributed by atoms with Gasteiger partial charge in [-0.25, -0.2) is 4.98 Å². The molecular weight excluding hydrogens is 455 g/mol. The van der Waals surface area contributed by atoms with E-state index in [4.69, 9.17) is 10.00 Å². The first-order valence-electron chi connectivity index (χ1n) is 10.6. The number of nitriles is 1. The standard InChI is InChI=1S/C22H22F3N5O4/c23-22(24,25)16-5-6-17(18(14-16)30(32)33)29-11-7-15(8-12-29)21(31)28-20-19(4-3-10-27-20)34-13-2-1-9-26/h3-6,10,14-15H,1-2,7-8,11-13H2,(H,27,28,31). The lowest BCUT2D eigenvalue weighted by Crippen LogP contribution is -2.38. The highest BCUT2D eigenvalue weighted by Gasteiger charge is 2.35. The summed E-state index contributed by atoms with van der Waals surface area (Å²) in [6.07, 6.45) is -1.59. The molecule has 1 amide bonds. The zero-order chi connectivity index (χ0) is 24.7. The van der Waals surface area contributed by atoms with Crippen molar-refractivity contribution in [3.05, 3.63) is 52.2 Å². The molecule has 2 aromatic rings. The normalized spacial score (nSPS) is 14.4. The lowest BCUT2D eigenvalue weighted by molar-refractivity contribution is -0.384. The first kappa shape index (κ1) is 24.8. The molecule has 9 nitrogen and oxygen atoms in total. The number of pyridine rings is 1. The van der Waals surface area contributed by atoms with Gasteiger partial charge in [0.15, 0.2) is 11.6 Å². The van der Waals surface area contributed by atoms with Gasteiger partial charge in [0.05, 0.1) is 23.2 Å². The molecule has 1 aromatic heterocycles. The van der Waals surface area contributed by atoms with Gasteiger partial charge in [0.1, 0.15) is 5.69 Å². The second-order valence-electron chi connectivity index (χ2n) is 7.67. The number of amides is 1. The van der Waals surface area contributed by atoms with E-state index in [9.17, 15) is 28.1 Å². The Labute approximate surface area is 193 Å². The number of unbranched alkanes of at least 4 members (excludes halogenated alkanes) is 1. The molecule has 1 aromatic carbocycles. The molecule has 12 heteroatoms. The fraction of sp³-hybridized carbons (Fsp3) is 0.409. The van der Waals surface area contributed by atoms with Crippen LogP contribution in [0.3, 0.4) is 0 Å². The summed E-state index contributed by atoms with van der Waals surface area (Å²) in [5.74, 6) is -0.0581. The first-order chi connectivity index (χ1) is 16.2. The lowest BCUT2D eigenvalue weighted by atomic mass is 9.95. The molecule has 0 unspecified atom stereocenters. The lowest BCUT2D eigenvalue weighted by Gasteiger charge is -2.32. The van der Waals surface area contributed by atoms with Crippen molar-refractivity contribution in [3.8, 4) is 11.8 Å². The maximum Gasteiger partial charge on any atom is 0.416 e. The van der Waals surface area contributed by atoms with E-state index in [2.05, 4.69) is 10.3 Å². The van der Waals surface area contributed by atoms with Gasteiger partial charge in [-0.1, -0.05) is 0 Å². The molecule has 3 rings (SSSR count). The summed E-state index contributed by atoms with van der Waals surface area (Å²) < 4.78 is 44.4. The number of nitro groups is 1. The summed E-state index contributed by atoms with van der Waals surface area (Å²) in [4.78, 5) is 29.1. The smallest absolute Gasteiger partial charge is 0.416 e. The van der Waals surface area contributed by atoms with Gasteiger partial charge in [-0.15, -0.1) is 0 Å². The fourth-order valence-electron chi connectivity index (χ4n) is 3.65. The van der Waals surface area contributed by atoms with Crippen LogP contribution in [0, 0.1) is 27.4 Å². The van der Waals surface area contributed by atoms with Gasteiger partial charge < -0.3 is 15.0 Å². The minimum absolute atomic E-state index is 0.0923. The molecule has 0 spiro atoms. The summed E-state index contributed by atoms with van der Waals surface area (Å²) in [5.41, 5.74) is -1.61. The number of anilines is 2. The highest BCUT2D eigenvalue weighted by Crippen LogP contribution is 2.38. The van der Waals surface area contributed by atoms with Crippen molar-refractivity contribution < 1.29 is 27.6 Å². The van der Waals surface area contributed by atoms with Crippen LogP contribution < -0.4 is 15.0 Å². The average molecular weight is 477 g/mol. The Morgan fingerprint density at radius 2 is 2.06 bits per heavy atom. The largest absolute Gasteiger partial charge is 0.490 e. The number of carbonyl (C=O) groups is 1. The molecule has 0 aliphatic carbocycles. The monoisotopic (exact) mass is 477 g/mol. The highest BCUT2D eigenvalue weighted by molar-refractivity contribution is 5.93. The maximum absolute atomic E-state index is 12.9. The molecule has 1 aliphatic heterocycles. The third kappa shape index (κ3) is 6.12. The van der Waals surface area contributed by atoms with Crippen LogP contribution in [0.5, 0.6) is 5.75 Å².